The van der Waals surface area contributed by atoms with Crippen LogP contribution in [0.3, 0.4) is 0 Å². The van der Waals surface area contributed by atoms with Crippen molar-refractivity contribution in [1.29, 1.82) is 0 Å². The molecule has 2 amide bonds. The number of rotatable bonds is 4. The van der Waals surface area contributed by atoms with E-state index < -0.39 is 0 Å². The van der Waals surface area contributed by atoms with Gasteiger partial charge in [0.1, 0.15) is 0 Å². The summed E-state index contributed by atoms with van der Waals surface area (Å²) >= 11 is 7.22. The molecule has 0 aliphatic heterocycles. The molecule has 122 valence electrons. The second-order valence-electron chi connectivity index (χ2n) is 5.06. The highest BCUT2D eigenvalue weighted by molar-refractivity contribution is 7.22. The monoisotopic (exact) mass is 359 g/mol. The molecule has 0 atom stereocenters. The predicted molar refractivity (Wildman–Crippen MR) is 97.9 cm³/mol. The Morgan fingerprint density at radius 3 is 2.58 bits per heavy atom. The Labute approximate surface area is 147 Å². The summed E-state index contributed by atoms with van der Waals surface area (Å²) in [6.45, 7) is 1.78. The van der Waals surface area contributed by atoms with E-state index in [-0.39, 0.29) is 11.8 Å². The van der Waals surface area contributed by atoms with Crippen molar-refractivity contribution in [3.8, 4) is 0 Å². The molecule has 2 N–H and O–H groups in total. The first-order chi connectivity index (χ1) is 11.5. The Morgan fingerprint density at radius 2 is 1.88 bits per heavy atom. The van der Waals surface area contributed by atoms with Crippen LogP contribution in [0, 0.1) is 0 Å². The normalized spacial score (nSPS) is 10.6. The molecule has 0 unspecified atom stereocenters. The Morgan fingerprint density at radius 1 is 1.12 bits per heavy atom. The maximum Gasteiger partial charge on any atom is 0.255 e. The summed E-state index contributed by atoms with van der Waals surface area (Å²) in [7, 11) is 0. The van der Waals surface area contributed by atoms with Crippen LogP contribution in [0.2, 0.25) is 5.02 Å². The molecule has 0 spiro atoms. The summed E-state index contributed by atoms with van der Waals surface area (Å²) in [5.41, 5.74) is 1.88. The minimum Gasteiger partial charge on any atom is -0.322 e. The van der Waals surface area contributed by atoms with E-state index >= 15 is 0 Å². The van der Waals surface area contributed by atoms with E-state index in [9.17, 15) is 9.59 Å². The third kappa shape index (κ3) is 3.72. The second-order valence-corrected chi connectivity index (χ2v) is 6.53. The lowest BCUT2D eigenvalue weighted by Crippen LogP contribution is -2.11. The fraction of sp³-hybridized carbons (Fsp3) is 0.118. The Hall–Kier alpha value is -2.44. The first-order valence-corrected chi connectivity index (χ1v) is 8.52. The molecule has 3 aromatic rings. The molecule has 3 rings (SSSR count). The molecule has 1 heterocycles. The van der Waals surface area contributed by atoms with Crippen LogP contribution in [0.15, 0.2) is 42.5 Å². The maximum absolute atomic E-state index is 12.2. The first kappa shape index (κ1) is 16.4. The van der Waals surface area contributed by atoms with E-state index in [1.807, 2.05) is 6.07 Å². The SMILES string of the molecule is CCC(=O)Nc1nc2cc(NC(=O)c3ccc(Cl)cc3)ccc2s1. The standard InChI is InChI=1S/C17H14ClN3O2S/c1-2-15(22)21-17-20-13-9-12(7-8-14(13)24-17)19-16(23)10-3-5-11(18)6-4-10/h3-9H,2H2,1H3,(H,19,23)(H,20,21,22). The molecule has 5 nitrogen and oxygen atoms in total. The minimum absolute atomic E-state index is 0.0784. The largest absolute Gasteiger partial charge is 0.322 e. The number of fused-ring (bicyclic) bond motifs is 1. The fourth-order valence-corrected chi connectivity index (χ4v) is 3.06. The minimum atomic E-state index is -0.222. The van der Waals surface area contributed by atoms with E-state index in [2.05, 4.69) is 15.6 Å². The van der Waals surface area contributed by atoms with E-state index in [4.69, 9.17) is 11.6 Å². The molecule has 0 saturated heterocycles. The number of carbonyl (C=O) groups excluding carboxylic acids is 2. The summed E-state index contributed by atoms with van der Waals surface area (Å²) in [6, 6.07) is 12.1. The lowest BCUT2D eigenvalue weighted by atomic mass is 10.2. The third-order valence-electron chi connectivity index (χ3n) is 3.32. The van der Waals surface area contributed by atoms with Gasteiger partial charge in [-0.2, -0.15) is 0 Å². The number of hydrogen-bond donors (Lipinski definition) is 2. The highest BCUT2D eigenvalue weighted by atomic mass is 35.5. The molecule has 7 heteroatoms. The molecule has 0 saturated carbocycles. The van der Waals surface area contributed by atoms with Gasteiger partial charge in [-0.25, -0.2) is 4.98 Å². The Balaban J connectivity index is 1.78. The van der Waals surface area contributed by atoms with Crippen LogP contribution in [-0.2, 0) is 4.79 Å². The molecule has 0 aliphatic carbocycles. The molecule has 0 bridgehead atoms. The van der Waals surface area contributed by atoms with Crippen molar-refractivity contribution >= 4 is 55.8 Å². The fourth-order valence-electron chi connectivity index (χ4n) is 2.07. The molecule has 24 heavy (non-hydrogen) atoms. The molecule has 2 aromatic carbocycles. The van der Waals surface area contributed by atoms with Gasteiger partial charge in [0, 0.05) is 22.7 Å². The first-order valence-electron chi connectivity index (χ1n) is 7.32. The highest BCUT2D eigenvalue weighted by Gasteiger charge is 2.09. The topological polar surface area (TPSA) is 71.1 Å². The average Bonchev–Trinajstić information content (AvgIpc) is 2.96. The number of halogens is 1. The van der Waals surface area contributed by atoms with Crippen LogP contribution >= 0.6 is 22.9 Å². The van der Waals surface area contributed by atoms with Crippen LogP contribution < -0.4 is 10.6 Å². The van der Waals surface area contributed by atoms with Gasteiger partial charge in [-0.1, -0.05) is 29.9 Å². The zero-order chi connectivity index (χ0) is 17.1. The molecular weight excluding hydrogens is 346 g/mol. The maximum atomic E-state index is 12.2. The van der Waals surface area contributed by atoms with Crippen molar-refractivity contribution in [2.45, 2.75) is 13.3 Å². The average molecular weight is 360 g/mol. The van der Waals surface area contributed by atoms with Gasteiger partial charge >= 0.3 is 0 Å². The van der Waals surface area contributed by atoms with Crippen LogP contribution in [0.4, 0.5) is 10.8 Å². The second kappa shape index (κ2) is 6.98. The van der Waals surface area contributed by atoms with E-state index in [0.29, 0.717) is 27.8 Å². The van der Waals surface area contributed by atoms with E-state index in [1.165, 1.54) is 11.3 Å². The van der Waals surface area contributed by atoms with Crippen molar-refractivity contribution in [3.63, 3.8) is 0 Å². The van der Waals surface area contributed by atoms with Gasteiger partial charge in [-0.15, -0.1) is 0 Å². The van der Waals surface area contributed by atoms with Crippen LogP contribution in [0.25, 0.3) is 10.2 Å². The highest BCUT2D eigenvalue weighted by Crippen LogP contribution is 2.28. The lowest BCUT2D eigenvalue weighted by Gasteiger charge is -2.05. The number of thiazole rings is 1. The van der Waals surface area contributed by atoms with E-state index in [1.54, 1.807) is 43.3 Å². The van der Waals surface area contributed by atoms with Crippen molar-refractivity contribution in [1.82, 2.24) is 4.98 Å². The van der Waals surface area contributed by atoms with Crippen molar-refractivity contribution in [2.24, 2.45) is 0 Å². The number of carbonyl (C=O) groups is 2. The summed E-state index contributed by atoms with van der Waals surface area (Å²) in [5, 5.41) is 6.70. The number of amides is 2. The van der Waals surface area contributed by atoms with Gasteiger partial charge in [0.05, 0.1) is 10.2 Å². The van der Waals surface area contributed by atoms with Gasteiger partial charge in [-0.3, -0.25) is 9.59 Å². The summed E-state index contributed by atoms with van der Waals surface area (Å²) in [6.07, 6.45) is 0.401. The number of benzene rings is 2. The Bertz CT molecular complexity index is 906. The van der Waals surface area contributed by atoms with E-state index in [0.717, 1.165) is 10.2 Å². The Kier molecular flexibility index (Phi) is 4.78. The van der Waals surface area contributed by atoms with Crippen LogP contribution in [0.5, 0.6) is 0 Å². The molecule has 0 fully saturated rings. The molecular formula is C17H14ClN3O2S. The predicted octanol–water partition coefficient (Wildman–Crippen LogP) is 4.55. The molecule has 1 aromatic heterocycles. The molecule has 0 aliphatic rings. The van der Waals surface area contributed by atoms with Crippen molar-refractivity contribution in [3.05, 3.63) is 53.1 Å². The number of hydrogen-bond acceptors (Lipinski definition) is 4. The zero-order valence-electron chi connectivity index (χ0n) is 12.8. The van der Waals surface area contributed by atoms with Gasteiger partial charge in [0.2, 0.25) is 5.91 Å². The van der Waals surface area contributed by atoms with Gasteiger partial charge in [-0.05, 0) is 42.5 Å². The summed E-state index contributed by atoms with van der Waals surface area (Å²) in [5.74, 6) is -0.300. The van der Waals surface area contributed by atoms with Crippen molar-refractivity contribution in [2.75, 3.05) is 10.6 Å². The van der Waals surface area contributed by atoms with Gasteiger partial charge in [0.15, 0.2) is 5.13 Å². The van der Waals surface area contributed by atoms with Crippen LogP contribution in [0.1, 0.15) is 23.7 Å². The van der Waals surface area contributed by atoms with Gasteiger partial charge in [0.25, 0.3) is 5.91 Å². The summed E-state index contributed by atoms with van der Waals surface area (Å²) < 4.78 is 0.936. The zero-order valence-corrected chi connectivity index (χ0v) is 14.4. The number of nitrogens with one attached hydrogen (secondary N) is 2. The summed E-state index contributed by atoms with van der Waals surface area (Å²) in [4.78, 5) is 28.0. The van der Waals surface area contributed by atoms with Crippen LogP contribution in [-0.4, -0.2) is 16.8 Å². The van der Waals surface area contributed by atoms with Gasteiger partial charge < -0.3 is 10.6 Å². The number of nitrogens with zero attached hydrogens (tertiary/aromatic N) is 1. The smallest absolute Gasteiger partial charge is 0.255 e. The lowest BCUT2D eigenvalue weighted by molar-refractivity contribution is -0.115. The quantitative estimate of drug-likeness (QED) is 0.717. The third-order valence-corrected chi connectivity index (χ3v) is 4.52. The molecule has 0 radical (unpaired) electrons. The van der Waals surface area contributed by atoms with Crippen molar-refractivity contribution < 1.29 is 9.59 Å². The number of aromatic nitrogens is 1. The number of anilines is 2.